The second-order valence-corrected chi connectivity index (χ2v) is 5.35. The van der Waals surface area contributed by atoms with Gasteiger partial charge in [-0.05, 0) is 30.5 Å². The summed E-state index contributed by atoms with van der Waals surface area (Å²) in [5.74, 6) is 0.461. The van der Waals surface area contributed by atoms with Gasteiger partial charge in [-0.25, -0.2) is 9.37 Å². The van der Waals surface area contributed by atoms with E-state index in [4.69, 9.17) is 0 Å². The average molecular weight is 259 g/mol. The van der Waals surface area contributed by atoms with Gasteiger partial charge in [0.15, 0.2) is 0 Å². The summed E-state index contributed by atoms with van der Waals surface area (Å²) >= 11 is 0. The van der Waals surface area contributed by atoms with Crippen molar-refractivity contribution >= 4 is 0 Å². The molecule has 3 rings (SSSR count). The van der Waals surface area contributed by atoms with Gasteiger partial charge in [0.2, 0.25) is 0 Å². The van der Waals surface area contributed by atoms with Crippen LogP contribution in [0.1, 0.15) is 28.3 Å². The van der Waals surface area contributed by atoms with Gasteiger partial charge in [0.05, 0.1) is 6.33 Å². The molecule has 0 aliphatic carbocycles. The quantitative estimate of drug-likeness (QED) is 0.917. The summed E-state index contributed by atoms with van der Waals surface area (Å²) in [7, 11) is 0. The number of nitrogens with zero attached hydrogens (tertiary/aromatic N) is 2. The van der Waals surface area contributed by atoms with Gasteiger partial charge in [0, 0.05) is 37.4 Å². The van der Waals surface area contributed by atoms with Crippen molar-refractivity contribution in [3.8, 4) is 0 Å². The lowest BCUT2D eigenvalue weighted by Gasteiger charge is -2.28. The summed E-state index contributed by atoms with van der Waals surface area (Å²) in [6.45, 7) is 6.43. The average Bonchev–Trinajstić information content (AvgIpc) is 2.72. The topological polar surface area (TPSA) is 29.9 Å². The Bertz CT molecular complexity index is 576. The first-order valence-electron chi connectivity index (χ1n) is 6.61. The Morgan fingerprint density at radius 2 is 2.00 bits per heavy atom. The third kappa shape index (κ3) is 2.28. The summed E-state index contributed by atoms with van der Waals surface area (Å²) in [6, 6.07) is 3.84. The lowest BCUT2D eigenvalue weighted by atomic mass is 9.99. The van der Waals surface area contributed by atoms with E-state index < -0.39 is 0 Å². The molecule has 4 heteroatoms. The van der Waals surface area contributed by atoms with Crippen LogP contribution in [0.15, 0.2) is 24.7 Å². The second-order valence-electron chi connectivity index (χ2n) is 5.35. The number of nitrogens with one attached hydrogen (secondary N) is 1. The van der Waals surface area contributed by atoms with Gasteiger partial charge in [-0.3, -0.25) is 0 Å². The van der Waals surface area contributed by atoms with Crippen molar-refractivity contribution in [3.05, 3.63) is 52.9 Å². The number of halogens is 1. The van der Waals surface area contributed by atoms with Crippen molar-refractivity contribution in [3.63, 3.8) is 0 Å². The summed E-state index contributed by atoms with van der Waals surface area (Å²) in [5, 5.41) is 3.28. The molecule has 1 aliphatic rings. The molecule has 1 fully saturated rings. The molecular weight excluding hydrogens is 241 g/mol. The maximum atomic E-state index is 13.6. The number of rotatable bonds is 3. The van der Waals surface area contributed by atoms with Gasteiger partial charge in [-0.2, -0.15) is 0 Å². The molecule has 1 saturated heterocycles. The first-order valence-corrected chi connectivity index (χ1v) is 6.61. The molecule has 0 radical (unpaired) electrons. The zero-order valence-corrected chi connectivity index (χ0v) is 11.3. The van der Waals surface area contributed by atoms with E-state index in [2.05, 4.69) is 14.9 Å². The van der Waals surface area contributed by atoms with Crippen LogP contribution in [0.4, 0.5) is 4.39 Å². The molecular formula is C15H18FN3. The van der Waals surface area contributed by atoms with Crippen LogP contribution in [-0.4, -0.2) is 22.6 Å². The van der Waals surface area contributed by atoms with Crippen LogP contribution < -0.4 is 5.32 Å². The monoisotopic (exact) mass is 259 g/mol. The van der Waals surface area contributed by atoms with Crippen molar-refractivity contribution in [2.75, 3.05) is 13.1 Å². The SMILES string of the molecule is Cc1cc(Cn2cncc2C2CNC2)cc(C)c1F. The Morgan fingerprint density at radius 1 is 1.32 bits per heavy atom. The fourth-order valence-electron chi connectivity index (χ4n) is 2.62. The van der Waals surface area contributed by atoms with E-state index in [0.29, 0.717) is 17.0 Å². The van der Waals surface area contributed by atoms with Crippen molar-refractivity contribution in [1.82, 2.24) is 14.9 Å². The van der Waals surface area contributed by atoms with Crippen molar-refractivity contribution in [2.24, 2.45) is 0 Å². The van der Waals surface area contributed by atoms with Crippen molar-refractivity contribution < 1.29 is 4.39 Å². The molecule has 1 aromatic heterocycles. The molecule has 0 unspecified atom stereocenters. The van der Waals surface area contributed by atoms with E-state index in [0.717, 1.165) is 25.2 Å². The Morgan fingerprint density at radius 3 is 2.58 bits per heavy atom. The first kappa shape index (κ1) is 12.4. The normalized spacial score (nSPS) is 15.5. The highest BCUT2D eigenvalue weighted by Crippen LogP contribution is 2.21. The highest BCUT2D eigenvalue weighted by Gasteiger charge is 2.22. The molecule has 0 bridgehead atoms. The zero-order chi connectivity index (χ0) is 13.4. The predicted octanol–water partition coefficient (Wildman–Crippen LogP) is 2.37. The molecule has 100 valence electrons. The van der Waals surface area contributed by atoms with E-state index in [1.54, 1.807) is 0 Å². The van der Waals surface area contributed by atoms with E-state index in [9.17, 15) is 4.39 Å². The van der Waals surface area contributed by atoms with Crippen LogP contribution in [-0.2, 0) is 6.54 Å². The Balaban J connectivity index is 1.87. The molecule has 2 aromatic rings. The molecule has 0 atom stereocenters. The molecule has 2 heterocycles. The Hall–Kier alpha value is -1.68. The first-order chi connectivity index (χ1) is 9.15. The third-order valence-corrected chi connectivity index (χ3v) is 3.79. The van der Waals surface area contributed by atoms with Gasteiger partial charge in [-0.1, -0.05) is 12.1 Å². The number of imidazole rings is 1. The molecule has 1 aliphatic heterocycles. The smallest absolute Gasteiger partial charge is 0.129 e. The molecule has 3 nitrogen and oxygen atoms in total. The Labute approximate surface area is 112 Å². The number of aryl methyl sites for hydroxylation is 2. The number of hydrogen-bond donors (Lipinski definition) is 1. The van der Waals surface area contributed by atoms with Crippen molar-refractivity contribution in [1.29, 1.82) is 0 Å². The summed E-state index contributed by atoms with van der Waals surface area (Å²) < 4.78 is 15.8. The van der Waals surface area contributed by atoms with Crippen LogP contribution in [0.2, 0.25) is 0 Å². The highest BCUT2D eigenvalue weighted by molar-refractivity contribution is 5.31. The highest BCUT2D eigenvalue weighted by atomic mass is 19.1. The number of benzene rings is 1. The summed E-state index contributed by atoms with van der Waals surface area (Å²) in [5.41, 5.74) is 3.81. The lowest BCUT2D eigenvalue weighted by molar-refractivity contribution is 0.427. The number of hydrogen-bond acceptors (Lipinski definition) is 2. The minimum absolute atomic E-state index is 0.0993. The van der Waals surface area contributed by atoms with Gasteiger partial charge >= 0.3 is 0 Å². The third-order valence-electron chi connectivity index (χ3n) is 3.79. The van der Waals surface area contributed by atoms with Gasteiger partial charge in [-0.15, -0.1) is 0 Å². The fraction of sp³-hybridized carbons (Fsp3) is 0.400. The maximum Gasteiger partial charge on any atom is 0.129 e. The summed E-state index contributed by atoms with van der Waals surface area (Å²) in [6.07, 6.45) is 3.80. The maximum absolute atomic E-state index is 13.6. The van der Waals surface area contributed by atoms with E-state index in [-0.39, 0.29) is 5.82 Å². The predicted molar refractivity (Wildman–Crippen MR) is 72.8 cm³/mol. The van der Waals surface area contributed by atoms with E-state index in [1.807, 2.05) is 38.5 Å². The number of aromatic nitrogens is 2. The van der Waals surface area contributed by atoms with E-state index in [1.165, 1.54) is 5.69 Å². The van der Waals surface area contributed by atoms with Crippen LogP contribution in [0, 0.1) is 19.7 Å². The minimum atomic E-state index is -0.0993. The van der Waals surface area contributed by atoms with Crippen LogP contribution >= 0.6 is 0 Å². The van der Waals surface area contributed by atoms with Gasteiger partial charge < -0.3 is 9.88 Å². The molecule has 1 N–H and O–H groups in total. The van der Waals surface area contributed by atoms with Crippen LogP contribution in [0.25, 0.3) is 0 Å². The molecule has 1 aromatic carbocycles. The second kappa shape index (κ2) is 4.78. The minimum Gasteiger partial charge on any atom is -0.330 e. The van der Waals surface area contributed by atoms with E-state index >= 15 is 0 Å². The molecule has 0 spiro atoms. The summed E-state index contributed by atoms with van der Waals surface area (Å²) in [4.78, 5) is 4.24. The molecule has 0 saturated carbocycles. The lowest BCUT2D eigenvalue weighted by Crippen LogP contribution is -2.40. The molecule has 0 amide bonds. The Kier molecular flexibility index (Phi) is 3.11. The standard InChI is InChI=1S/C15H18FN3/c1-10-3-12(4-11(2)15(10)16)8-19-9-18-7-14(19)13-5-17-6-13/h3-4,7,9,13,17H,5-6,8H2,1-2H3. The largest absolute Gasteiger partial charge is 0.330 e. The fourth-order valence-corrected chi connectivity index (χ4v) is 2.62. The van der Waals surface area contributed by atoms with Crippen LogP contribution in [0.3, 0.4) is 0 Å². The van der Waals surface area contributed by atoms with Gasteiger partial charge in [0.1, 0.15) is 5.82 Å². The van der Waals surface area contributed by atoms with Crippen LogP contribution in [0.5, 0.6) is 0 Å². The zero-order valence-electron chi connectivity index (χ0n) is 11.3. The molecule has 19 heavy (non-hydrogen) atoms. The van der Waals surface area contributed by atoms with Crippen molar-refractivity contribution in [2.45, 2.75) is 26.3 Å². The van der Waals surface area contributed by atoms with Gasteiger partial charge in [0.25, 0.3) is 0 Å².